The summed E-state index contributed by atoms with van der Waals surface area (Å²) in [5.74, 6) is 1.62. The third kappa shape index (κ3) is 3.64. The van der Waals surface area contributed by atoms with E-state index >= 15 is 0 Å². The van der Waals surface area contributed by atoms with Crippen molar-refractivity contribution >= 4 is 23.5 Å². The van der Waals surface area contributed by atoms with Crippen LogP contribution in [0.1, 0.15) is 44.0 Å². The van der Waals surface area contributed by atoms with Crippen LogP contribution in [0, 0.1) is 5.41 Å². The molecule has 1 amide bonds. The molecule has 3 aromatic rings. The Labute approximate surface area is 192 Å². The van der Waals surface area contributed by atoms with Crippen LogP contribution < -0.4 is 10.2 Å². The number of hydrogen-bond acceptors (Lipinski definition) is 5. The fourth-order valence-corrected chi connectivity index (χ4v) is 5.57. The van der Waals surface area contributed by atoms with E-state index in [4.69, 9.17) is 11.6 Å². The van der Waals surface area contributed by atoms with Crippen LogP contribution in [0.15, 0.2) is 55.1 Å². The van der Waals surface area contributed by atoms with Gasteiger partial charge < -0.3 is 14.8 Å². The molecule has 2 fully saturated rings. The maximum atomic E-state index is 13.5. The summed E-state index contributed by atoms with van der Waals surface area (Å²) in [5, 5.41) is 3.72. The summed E-state index contributed by atoms with van der Waals surface area (Å²) in [4.78, 5) is 29.1. The van der Waals surface area contributed by atoms with Gasteiger partial charge in [-0.1, -0.05) is 48.9 Å². The van der Waals surface area contributed by atoms with E-state index in [1.807, 2.05) is 24.4 Å². The minimum absolute atomic E-state index is 0.0976. The fourth-order valence-electron chi connectivity index (χ4n) is 5.48. The molecule has 8 heteroatoms. The molecule has 1 aromatic carbocycles. The number of anilines is 1. The molecular weight excluding hydrogens is 424 g/mol. The first-order valence-electron chi connectivity index (χ1n) is 11.2. The normalized spacial score (nSPS) is 24.1. The number of rotatable bonds is 7. The number of carbonyl (C=O) groups excluding carboxylic acids is 1. The maximum absolute atomic E-state index is 13.5. The number of halogens is 1. The molecule has 3 atom stereocenters. The van der Waals surface area contributed by atoms with E-state index in [2.05, 4.69) is 48.8 Å². The molecule has 32 heavy (non-hydrogen) atoms. The Morgan fingerprint density at radius 3 is 2.72 bits per heavy atom. The van der Waals surface area contributed by atoms with Gasteiger partial charge in [0.2, 0.25) is 11.9 Å². The SMILES string of the molecule is CC[C@]1(C(=O)NCc2nccn2Cc2ccccc2)C[C@H]2CC[C@@H]1N2c1ncc(Cl)cn1. The second-order valence-corrected chi connectivity index (χ2v) is 9.15. The molecule has 5 rings (SSSR count). The van der Waals surface area contributed by atoms with Crippen LogP contribution in [0.3, 0.4) is 0 Å². The average molecular weight is 451 g/mol. The zero-order chi connectivity index (χ0) is 22.1. The molecule has 4 heterocycles. The Kier molecular flexibility index (Phi) is 5.59. The van der Waals surface area contributed by atoms with Crippen LogP contribution in [0.2, 0.25) is 5.02 Å². The lowest BCUT2D eigenvalue weighted by Gasteiger charge is -2.35. The lowest BCUT2D eigenvalue weighted by Crippen LogP contribution is -2.49. The van der Waals surface area contributed by atoms with Crippen LogP contribution in [0.4, 0.5) is 5.95 Å². The molecule has 2 aliphatic rings. The fraction of sp³-hybridized carbons (Fsp3) is 0.417. The van der Waals surface area contributed by atoms with Gasteiger partial charge >= 0.3 is 0 Å². The van der Waals surface area contributed by atoms with Gasteiger partial charge in [0.25, 0.3) is 0 Å². The molecule has 2 aliphatic heterocycles. The van der Waals surface area contributed by atoms with Crippen molar-refractivity contribution < 1.29 is 4.79 Å². The van der Waals surface area contributed by atoms with E-state index in [-0.39, 0.29) is 18.0 Å². The first-order valence-corrected chi connectivity index (χ1v) is 11.6. The van der Waals surface area contributed by atoms with Gasteiger partial charge in [0, 0.05) is 31.0 Å². The largest absolute Gasteiger partial charge is 0.348 e. The lowest BCUT2D eigenvalue weighted by atomic mass is 9.71. The van der Waals surface area contributed by atoms with Gasteiger partial charge in [-0.25, -0.2) is 15.0 Å². The van der Waals surface area contributed by atoms with Crippen LogP contribution in [-0.4, -0.2) is 37.5 Å². The van der Waals surface area contributed by atoms with Gasteiger partial charge in [-0.15, -0.1) is 0 Å². The number of fused-ring (bicyclic) bond motifs is 2. The molecule has 0 spiro atoms. The molecule has 2 aromatic heterocycles. The van der Waals surface area contributed by atoms with E-state index in [0.29, 0.717) is 17.5 Å². The minimum Gasteiger partial charge on any atom is -0.348 e. The summed E-state index contributed by atoms with van der Waals surface area (Å²) >= 11 is 5.98. The Bertz CT molecular complexity index is 1090. The Morgan fingerprint density at radius 1 is 1.19 bits per heavy atom. The number of imidazole rings is 1. The van der Waals surface area contributed by atoms with Gasteiger partial charge in [-0.05, 0) is 31.2 Å². The summed E-state index contributed by atoms with van der Waals surface area (Å²) < 4.78 is 2.09. The van der Waals surface area contributed by atoms with E-state index < -0.39 is 5.41 Å². The third-order valence-electron chi connectivity index (χ3n) is 7.07. The van der Waals surface area contributed by atoms with Gasteiger partial charge in [-0.2, -0.15) is 0 Å². The molecule has 2 bridgehead atoms. The number of hydrogen-bond donors (Lipinski definition) is 1. The van der Waals surface area contributed by atoms with Gasteiger partial charge in [-0.3, -0.25) is 4.79 Å². The number of carbonyl (C=O) groups is 1. The summed E-state index contributed by atoms with van der Waals surface area (Å²) in [6.45, 7) is 3.25. The second-order valence-electron chi connectivity index (χ2n) is 8.71. The van der Waals surface area contributed by atoms with Gasteiger partial charge in [0.1, 0.15) is 5.82 Å². The maximum Gasteiger partial charge on any atom is 0.228 e. The van der Waals surface area contributed by atoms with E-state index in [1.165, 1.54) is 5.56 Å². The molecule has 7 nitrogen and oxygen atoms in total. The highest BCUT2D eigenvalue weighted by atomic mass is 35.5. The van der Waals surface area contributed by atoms with E-state index in [0.717, 1.165) is 38.1 Å². The van der Waals surface area contributed by atoms with Crippen molar-refractivity contribution in [2.24, 2.45) is 5.41 Å². The minimum atomic E-state index is -0.442. The van der Waals surface area contributed by atoms with Crippen molar-refractivity contribution in [2.45, 2.75) is 57.8 Å². The molecule has 0 aliphatic carbocycles. The number of nitrogens with zero attached hydrogens (tertiary/aromatic N) is 5. The highest BCUT2D eigenvalue weighted by Gasteiger charge is 2.59. The Morgan fingerprint density at radius 2 is 1.97 bits per heavy atom. The summed E-state index contributed by atoms with van der Waals surface area (Å²) in [7, 11) is 0. The first-order chi connectivity index (χ1) is 15.6. The van der Waals surface area contributed by atoms with Gasteiger partial charge in [0.15, 0.2) is 0 Å². The van der Waals surface area contributed by atoms with Crippen molar-refractivity contribution in [3.05, 3.63) is 71.5 Å². The quantitative estimate of drug-likeness (QED) is 0.592. The smallest absolute Gasteiger partial charge is 0.228 e. The van der Waals surface area contributed by atoms with E-state index in [9.17, 15) is 4.79 Å². The summed E-state index contributed by atoms with van der Waals surface area (Å²) in [6.07, 6.45) is 10.6. The van der Waals surface area contributed by atoms with Crippen LogP contribution in [0.25, 0.3) is 0 Å². The predicted molar refractivity (Wildman–Crippen MR) is 123 cm³/mol. The average Bonchev–Trinajstić information content (AvgIpc) is 3.52. The predicted octanol–water partition coefficient (Wildman–Crippen LogP) is 3.83. The zero-order valence-corrected chi connectivity index (χ0v) is 18.9. The molecule has 166 valence electrons. The Hall–Kier alpha value is -2.93. The first kappa shape index (κ1) is 20.9. The van der Waals surface area contributed by atoms with Gasteiger partial charge in [0.05, 0.1) is 29.4 Å². The molecule has 0 saturated carbocycles. The zero-order valence-electron chi connectivity index (χ0n) is 18.1. The topological polar surface area (TPSA) is 75.9 Å². The molecular formula is C24H27ClN6O. The van der Waals surface area contributed by atoms with Crippen LogP contribution >= 0.6 is 11.6 Å². The molecule has 2 saturated heterocycles. The van der Waals surface area contributed by atoms with Crippen molar-refractivity contribution in [2.75, 3.05) is 4.90 Å². The molecule has 1 N–H and O–H groups in total. The van der Waals surface area contributed by atoms with E-state index in [1.54, 1.807) is 18.6 Å². The Balaban J connectivity index is 1.30. The molecule has 0 radical (unpaired) electrons. The summed E-state index contributed by atoms with van der Waals surface area (Å²) in [5.41, 5.74) is 0.762. The third-order valence-corrected chi connectivity index (χ3v) is 7.26. The van der Waals surface area contributed by atoms with Crippen molar-refractivity contribution in [3.63, 3.8) is 0 Å². The second kappa shape index (κ2) is 8.54. The number of benzene rings is 1. The standard InChI is InChI=1S/C24H27ClN6O/c1-2-24(12-19-8-9-20(24)31(19)23-28-13-18(25)14-29-23)22(32)27-15-21-26-10-11-30(21)16-17-6-4-3-5-7-17/h3-7,10-11,13-14,19-20H,2,8-9,12,15-16H2,1H3,(H,27,32)/t19-,20+,24+/m1/s1. The lowest BCUT2D eigenvalue weighted by molar-refractivity contribution is -0.132. The van der Waals surface area contributed by atoms with Crippen molar-refractivity contribution in [1.82, 2.24) is 24.8 Å². The number of amides is 1. The highest BCUT2D eigenvalue weighted by Crippen LogP contribution is 2.52. The number of nitrogens with one attached hydrogen (secondary N) is 1. The summed E-state index contributed by atoms with van der Waals surface area (Å²) in [6, 6.07) is 10.6. The van der Waals surface area contributed by atoms with Crippen molar-refractivity contribution in [3.8, 4) is 0 Å². The van der Waals surface area contributed by atoms with Crippen molar-refractivity contribution in [1.29, 1.82) is 0 Å². The van der Waals surface area contributed by atoms with Crippen LogP contribution in [0.5, 0.6) is 0 Å². The van der Waals surface area contributed by atoms with Crippen LogP contribution in [-0.2, 0) is 17.9 Å². The highest BCUT2D eigenvalue weighted by molar-refractivity contribution is 6.30. The molecule has 0 unspecified atom stereocenters. The number of aromatic nitrogens is 4. The monoisotopic (exact) mass is 450 g/mol.